The Morgan fingerprint density at radius 3 is 2.81 bits per heavy atom. The van der Waals surface area contributed by atoms with E-state index in [4.69, 9.17) is 20.9 Å². The lowest BCUT2D eigenvalue weighted by molar-refractivity contribution is -0.128. The van der Waals surface area contributed by atoms with Gasteiger partial charge in [0, 0.05) is 30.1 Å². The highest BCUT2D eigenvalue weighted by atomic mass is 35.5. The van der Waals surface area contributed by atoms with Crippen molar-refractivity contribution in [2.24, 2.45) is 0 Å². The van der Waals surface area contributed by atoms with Gasteiger partial charge in [0.15, 0.2) is 0 Å². The Morgan fingerprint density at radius 1 is 1.26 bits per heavy atom. The number of carbonyl (C=O) groups is 1. The molecular weight excluding hydrogens is 421 g/mol. The van der Waals surface area contributed by atoms with Gasteiger partial charge in [0.1, 0.15) is 11.6 Å². The van der Waals surface area contributed by atoms with Gasteiger partial charge in [-0.2, -0.15) is 4.98 Å². The van der Waals surface area contributed by atoms with Crippen LogP contribution in [0.2, 0.25) is 5.02 Å². The Bertz CT molecular complexity index is 1050. The summed E-state index contributed by atoms with van der Waals surface area (Å²) in [6, 6.07) is 11.7. The minimum absolute atomic E-state index is 0.0290. The molecule has 8 heteroatoms. The number of hydrogen-bond acceptors (Lipinski definition) is 5. The third-order valence-electron chi connectivity index (χ3n) is 5.26. The van der Waals surface area contributed by atoms with Gasteiger partial charge >= 0.3 is 0 Å². The number of nitrogens with zero attached hydrogens (tertiary/aromatic N) is 3. The molecule has 2 heterocycles. The molecule has 2 aromatic carbocycles. The lowest BCUT2D eigenvalue weighted by Crippen LogP contribution is -2.24. The summed E-state index contributed by atoms with van der Waals surface area (Å²) in [4.78, 5) is 18.6. The van der Waals surface area contributed by atoms with Crippen LogP contribution in [-0.4, -0.2) is 34.1 Å². The van der Waals surface area contributed by atoms with Crippen LogP contribution in [-0.2, 0) is 11.3 Å². The molecule has 1 aliphatic heterocycles. The van der Waals surface area contributed by atoms with Crippen LogP contribution in [0, 0.1) is 5.82 Å². The molecule has 0 spiro atoms. The molecule has 1 saturated heterocycles. The predicted octanol–water partition coefficient (Wildman–Crippen LogP) is 5.22. The molecule has 1 amide bonds. The molecule has 4 rings (SSSR count). The maximum Gasteiger partial charge on any atom is 0.232 e. The van der Waals surface area contributed by atoms with Crippen LogP contribution in [0.3, 0.4) is 0 Å². The molecule has 1 aliphatic rings. The largest absolute Gasteiger partial charge is 0.494 e. The van der Waals surface area contributed by atoms with Gasteiger partial charge in [-0.3, -0.25) is 4.79 Å². The molecule has 0 bridgehead atoms. The minimum Gasteiger partial charge on any atom is -0.494 e. The smallest absolute Gasteiger partial charge is 0.232 e. The maximum atomic E-state index is 13.3. The van der Waals surface area contributed by atoms with Crippen molar-refractivity contribution in [3.63, 3.8) is 0 Å². The van der Waals surface area contributed by atoms with Gasteiger partial charge in [0.2, 0.25) is 17.6 Å². The van der Waals surface area contributed by atoms with Crippen LogP contribution < -0.4 is 4.74 Å². The number of carbonyl (C=O) groups excluding carboxylic acids is 1. The zero-order chi connectivity index (χ0) is 21.8. The lowest BCUT2D eigenvalue weighted by atomic mass is 10.1. The van der Waals surface area contributed by atoms with Crippen molar-refractivity contribution >= 4 is 17.5 Å². The number of benzene rings is 2. The highest BCUT2D eigenvalue weighted by Crippen LogP contribution is 2.31. The van der Waals surface area contributed by atoms with E-state index in [9.17, 15) is 9.18 Å². The predicted molar refractivity (Wildman–Crippen MR) is 114 cm³/mol. The van der Waals surface area contributed by atoms with Crippen LogP contribution >= 0.6 is 11.6 Å². The van der Waals surface area contributed by atoms with Crippen molar-refractivity contribution < 1.29 is 18.4 Å². The summed E-state index contributed by atoms with van der Waals surface area (Å²) in [5.74, 6) is 1.08. The molecule has 1 unspecified atom stereocenters. The first kappa shape index (κ1) is 21.3. The average Bonchev–Trinajstić information content (AvgIpc) is 3.38. The SMILES string of the molecule is CCCCOc1ccc(-c2noc(C3CC(=O)N(Cc4ccc(F)cc4Cl)C3)n2)cc1. The van der Waals surface area contributed by atoms with Gasteiger partial charge in [-0.05, 0) is 48.4 Å². The Labute approximate surface area is 185 Å². The van der Waals surface area contributed by atoms with E-state index < -0.39 is 5.82 Å². The quantitative estimate of drug-likeness (QED) is 0.446. The maximum absolute atomic E-state index is 13.3. The molecule has 1 atom stereocenters. The van der Waals surface area contributed by atoms with Crippen LogP contribution in [0.25, 0.3) is 11.4 Å². The number of hydrogen-bond donors (Lipinski definition) is 0. The monoisotopic (exact) mass is 443 g/mol. The number of ether oxygens (including phenoxy) is 1. The number of amides is 1. The van der Waals surface area contributed by atoms with Crippen molar-refractivity contribution in [1.29, 1.82) is 0 Å². The summed E-state index contributed by atoms with van der Waals surface area (Å²) >= 11 is 6.10. The number of likely N-dealkylation sites (tertiary alicyclic amines) is 1. The fraction of sp³-hybridized carbons (Fsp3) is 0.348. The molecule has 1 fully saturated rings. The summed E-state index contributed by atoms with van der Waals surface area (Å²) in [6.07, 6.45) is 2.38. The van der Waals surface area contributed by atoms with Crippen LogP contribution in [0.4, 0.5) is 4.39 Å². The fourth-order valence-corrected chi connectivity index (χ4v) is 3.73. The van der Waals surface area contributed by atoms with Gasteiger partial charge < -0.3 is 14.2 Å². The zero-order valence-corrected chi connectivity index (χ0v) is 17.9. The highest BCUT2D eigenvalue weighted by molar-refractivity contribution is 6.31. The molecule has 1 aromatic heterocycles. The van der Waals surface area contributed by atoms with E-state index >= 15 is 0 Å². The first-order chi connectivity index (χ1) is 15.0. The van der Waals surface area contributed by atoms with E-state index in [0.717, 1.165) is 24.2 Å². The first-order valence-corrected chi connectivity index (χ1v) is 10.7. The topological polar surface area (TPSA) is 68.5 Å². The van der Waals surface area contributed by atoms with Crippen LogP contribution in [0.5, 0.6) is 5.75 Å². The molecule has 3 aromatic rings. The molecule has 162 valence electrons. The average molecular weight is 444 g/mol. The summed E-state index contributed by atoms with van der Waals surface area (Å²) in [7, 11) is 0. The van der Waals surface area contributed by atoms with Gasteiger partial charge in [-0.15, -0.1) is 0 Å². The van der Waals surface area contributed by atoms with Gasteiger partial charge in [0.05, 0.1) is 12.5 Å². The van der Waals surface area contributed by atoms with Gasteiger partial charge in [-0.25, -0.2) is 4.39 Å². The van der Waals surface area contributed by atoms with Crippen molar-refractivity contribution in [2.45, 2.75) is 38.6 Å². The summed E-state index contributed by atoms with van der Waals surface area (Å²) in [5.41, 5.74) is 1.52. The van der Waals surface area contributed by atoms with Crippen LogP contribution in [0.15, 0.2) is 47.0 Å². The Kier molecular flexibility index (Phi) is 6.51. The summed E-state index contributed by atoms with van der Waals surface area (Å²) in [6.45, 7) is 3.57. The minimum atomic E-state index is -0.404. The Balaban J connectivity index is 1.40. The molecule has 0 aliphatic carbocycles. The normalized spacial score (nSPS) is 16.2. The summed E-state index contributed by atoms with van der Waals surface area (Å²) < 4.78 is 24.4. The van der Waals surface area contributed by atoms with E-state index in [1.807, 2.05) is 24.3 Å². The van der Waals surface area contributed by atoms with E-state index in [1.54, 1.807) is 11.0 Å². The molecule has 0 N–H and O–H groups in total. The number of unbranched alkanes of at least 4 members (excludes halogenated alkanes) is 1. The van der Waals surface area contributed by atoms with Crippen LogP contribution in [0.1, 0.15) is 43.6 Å². The molecular formula is C23H23ClFN3O3. The molecule has 0 radical (unpaired) electrons. The fourth-order valence-electron chi connectivity index (χ4n) is 3.50. The second-order valence-corrected chi connectivity index (χ2v) is 8.00. The molecule has 6 nitrogen and oxygen atoms in total. The zero-order valence-electron chi connectivity index (χ0n) is 17.2. The molecule has 31 heavy (non-hydrogen) atoms. The van der Waals surface area contributed by atoms with E-state index in [0.29, 0.717) is 42.0 Å². The second kappa shape index (κ2) is 9.47. The first-order valence-electron chi connectivity index (χ1n) is 10.3. The van der Waals surface area contributed by atoms with Crippen molar-refractivity contribution in [2.75, 3.05) is 13.2 Å². The van der Waals surface area contributed by atoms with Crippen molar-refractivity contribution in [1.82, 2.24) is 15.0 Å². The highest BCUT2D eigenvalue weighted by Gasteiger charge is 2.34. The summed E-state index contributed by atoms with van der Waals surface area (Å²) in [5, 5.41) is 4.38. The van der Waals surface area contributed by atoms with Gasteiger partial charge in [0.25, 0.3) is 0 Å². The third kappa shape index (κ3) is 5.05. The van der Waals surface area contributed by atoms with E-state index in [-0.39, 0.29) is 18.2 Å². The third-order valence-corrected chi connectivity index (χ3v) is 5.61. The lowest BCUT2D eigenvalue weighted by Gasteiger charge is -2.17. The standard InChI is InChI=1S/C23H23ClFN3O3/c1-2-3-10-30-19-8-5-15(6-9-19)22-26-23(31-27-22)17-11-21(29)28(14-17)13-16-4-7-18(25)12-20(16)24/h4-9,12,17H,2-3,10-11,13-14H2,1H3. The second-order valence-electron chi connectivity index (χ2n) is 7.59. The van der Waals surface area contributed by atoms with E-state index in [1.165, 1.54) is 12.1 Å². The van der Waals surface area contributed by atoms with E-state index in [2.05, 4.69) is 17.1 Å². The Hall–Kier alpha value is -2.93. The number of halogens is 2. The van der Waals surface area contributed by atoms with Crippen molar-refractivity contribution in [3.8, 4) is 17.1 Å². The van der Waals surface area contributed by atoms with Crippen molar-refractivity contribution in [3.05, 3.63) is 64.8 Å². The molecule has 0 saturated carbocycles. The number of rotatable bonds is 8. The number of aromatic nitrogens is 2. The Morgan fingerprint density at radius 2 is 2.06 bits per heavy atom. The van der Waals surface area contributed by atoms with Gasteiger partial charge in [-0.1, -0.05) is 36.2 Å².